The number of halogens is 2. The zero-order chi connectivity index (χ0) is 8.27. The normalized spacial score (nSPS) is 9.27. The summed E-state index contributed by atoms with van der Waals surface area (Å²) in [7, 11) is 0. The molecule has 4 heteroatoms. The second kappa shape index (κ2) is 4.18. The summed E-state index contributed by atoms with van der Waals surface area (Å²) >= 11 is 11.2. The topological polar surface area (TPSA) is 12.0 Å². The second-order valence-electron chi connectivity index (χ2n) is 1.85. The monoisotopic (exact) mass is 292 g/mol. The molecule has 1 radical (unpaired) electrons. The van der Waals surface area contributed by atoms with Crippen LogP contribution in [0, 0.1) is 0 Å². The molecule has 0 atom stereocenters. The number of hydrogen-bond donors (Lipinski definition) is 1. The third-order valence-corrected chi connectivity index (χ3v) is 2.37. The van der Waals surface area contributed by atoms with E-state index in [9.17, 15) is 0 Å². The summed E-state index contributed by atoms with van der Waals surface area (Å²) in [5.74, 6) is 0. The van der Waals surface area contributed by atoms with Gasteiger partial charge < -0.3 is 5.32 Å². The summed E-state index contributed by atoms with van der Waals surface area (Å²) in [6, 6.07) is 5.78. The van der Waals surface area contributed by atoms with Gasteiger partial charge in [0.1, 0.15) is 5.49 Å². The highest BCUT2D eigenvalue weighted by Gasteiger charge is 1.96. The van der Waals surface area contributed by atoms with Crippen LogP contribution in [0.25, 0.3) is 0 Å². The van der Waals surface area contributed by atoms with Crippen LogP contribution in [0.4, 0.5) is 5.69 Å². The van der Waals surface area contributed by atoms with E-state index in [1.807, 2.05) is 18.2 Å². The molecular weight excluding hydrogens is 290 g/mol. The van der Waals surface area contributed by atoms with E-state index in [1.165, 1.54) is 0 Å². The summed E-state index contributed by atoms with van der Waals surface area (Å²) < 4.78 is 1.99. The summed E-state index contributed by atoms with van der Waals surface area (Å²) in [5.41, 5.74) is 3.35. The lowest BCUT2D eigenvalue weighted by atomic mass is 10.3. The van der Waals surface area contributed by atoms with Gasteiger partial charge in [0.25, 0.3) is 0 Å². The maximum Gasteiger partial charge on any atom is 0.138 e. The minimum Gasteiger partial charge on any atom is -0.343 e. The minimum atomic E-state index is 0.920. The average molecular weight is 294 g/mol. The third kappa shape index (κ3) is 2.54. The molecule has 1 rings (SSSR count). The van der Waals surface area contributed by atoms with Crippen molar-refractivity contribution in [2.75, 3.05) is 5.32 Å². The average Bonchev–Trinajstić information content (AvgIpc) is 1.95. The Kier molecular flexibility index (Phi) is 3.48. The van der Waals surface area contributed by atoms with Crippen molar-refractivity contribution in [3.8, 4) is 0 Å². The largest absolute Gasteiger partial charge is 0.343 e. The molecule has 1 nitrogen and oxygen atoms in total. The van der Waals surface area contributed by atoms with Gasteiger partial charge in [-0.15, -0.1) is 0 Å². The molecule has 0 aliphatic heterocycles. The Hall–Kier alpha value is 0.0700. The fourth-order valence-corrected chi connectivity index (χ4v) is 1.90. The van der Waals surface area contributed by atoms with Crippen molar-refractivity contribution in [3.05, 3.63) is 27.1 Å². The van der Waals surface area contributed by atoms with Gasteiger partial charge in [0.2, 0.25) is 0 Å². The van der Waals surface area contributed by atoms with Crippen LogP contribution >= 0.6 is 44.1 Å². The summed E-state index contributed by atoms with van der Waals surface area (Å²) in [4.78, 5) is 0. The van der Waals surface area contributed by atoms with Gasteiger partial charge in [-0.2, -0.15) is 0 Å². The fraction of sp³-hybridized carbons (Fsp3) is 0. The molecule has 0 aliphatic rings. The lowest BCUT2D eigenvalue weighted by Crippen LogP contribution is -1.92. The zero-order valence-electron chi connectivity index (χ0n) is 5.40. The summed E-state index contributed by atoms with van der Waals surface area (Å²) in [5, 5.41) is 2.80. The number of thiocarbonyl (C=S) groups is 1. The molecule has 0 saturated carbocycles. The first kappa shape index (κ1) is 9.16. The molecule has 1 N–H and O–H groups in total. The van der Waals surface area contributed by atoms with Gasteiger partial charge in [-0.05, 0) is 34.1 Å². The van der Waals surface area contributed by atoms with Crippen molar-refractivity contribution < 1.29 is 0 Å². The SMILES string of the molecule is S=[C]Nc1ccc(Br)cc1Br. The Morgan fingerprint density at radius 3 is 2.64 bits per heavy atom. The fourth-order valence-electron chi connectivity index (χ4n) is 0.646. The van der Waals surface area contributed by atoms with Gasteiger partial charge in [0.05, 0.1) is 5.69 Å². The van der Waals surface area contributed by atoms with Gasteiger partial charge in [0.15, 0.2) is 0 Å². The van der Waals surface area contributed by atoms with Crippen molar-refractivity contribution >= 4 is 55.3 Å². The van der Waals surface area contributed by atoms with E-state index in [2.05, 4.69) is 54.9 Å². The first-order chi connectivity index (χ1) is 5.24. The van der Waals surface area contributed by atoms with Gasteiger partial charge in [0, 0.05) is 8.95 Å². The predicted octanol–water partition coefficient (Wildman–Crippen LogP) is 3.46. The van der Waals surface area contributed by atoms with Crippen LogP contribution in [-0.2, 0) is 0 Å². The van der Waals surface area contributed by atoms with Crippen molar-refractivity contribution in [3.63, 3.8) is 0 Å². The molecule has 0 saturated heterocycles. The molecule has 1 aromatic carbocycles. The van der Waals surface area contributed by atoms with Crippen LogP contribution in [0.3, 0.4) is 0 Å². The van der Waals surface area contributed by atoms with E-state index in [0.29, 0.717) is 0 Å². The highest BCUT2D eigenvalue weighted by atomic mass is 79.9. The van der Waals surface area contributed by atoms with E-state index in [0.717, 1.165) is 14.6 Å². The van der Waals surface area contributed by atoms with E-state index < -0.39 is 0 Å². The van der Waals surface area contributed by atoms with Crippen LogP contribution in [0.2, 0.25) is 0 Å². The van der Waals surface area contributed by atoms with Crippen molar-refractivity contribution in [2.24, 2.45) is 0 Å². The Morgan fingerprint density at radius 1 is 1.36 bits per heavy atom. The van der Waals surface area contributed by atoms with Crippen LogP contribution in [0.15, 0.2) is 27.1 Å². The lowest BCUT2D eigenvalue weighted by Gasteiger charge is -2.01. The molecule has 0 heterocycles. The zero-order valence-corrected chi connectivity index (χ0v) is 9.38. The Bertz CT molecular complexity index is 275. The number of benzene rings is 1. The third-order valence-electron chi connectivity index (χ3n) is 1.12. The summed E-state index contributed by atoms with van der Waals surface area (Å²) in [6.07, 6.45) is 0. The Balaban J connectivity index is 2.98. The van der Waals surface area contributed by atoms with Crippen molar-refractivity contribution in [1.29, 1.82) is 0 Å². The van der Waals surface area contributed by atoms with Crippen LogP contribution in [-0.4, -0.2) is 5.49 Å². The Morgan fingerprint density at radius 2 is 2.09 bits per heavy atom. The number of rotatable bonds is 2. The molecule has 0 aromatic heterocycles. The molecule has 57 valence electrons. The van der Waals surface area contributed by atoms with E-state index in [-0.39, 0.29) is 0 Å². The van der Waals surface area contributed by atoms with Gasteiger partial charge in [-0.1, -0.05) is 28.1 Å². The molecule has 0 fully saturated rings. The summed E-state index contributed by atoms with van der Waals surface area (Å²) in [6.45, 7) is 0. The number of anilines is 1. The first-order valence-corrected chi connectivity index (χ1v) is 4.81. The van der Waals surface area contributed by atoms with Crippen molar-refractivity contribution in [2.45, 2.75) is 0 Å². The standard InChI is InChI=1S/C7H4Br2NS/c8-5-1-2-7(10-4-11)6(9)3-5/h1-3H,(H,10,11). The maximum absolute atomic E-state index is 4.53. The van der Waals surface area contributed by atoms with Crippen LogP contribution < -0.4 is 5.32 Å². The Labute approximate surface area is 87.4 Å². The highest BCUT2D eigenvalue weighted by molar-refractivity contribution is 9.11. The van der Waals surface area contributed by atoms with E-state index in [4.69, 9.17) is 0 Å². The maximum atomic E-state index is 4.53. The van der Waals surface area contributed by atoms with Crippen LogP contribution in [0.5, 0.6) is 0 Å². The minimum absolute atomic E-state index is 0.920. The van der Waals surface area contributed by atoms with E-state index >= 15 is 0 Å². The van der Waals surface area contributed by atoms with Gasteiger partial charge >= 0.3 is 0 Å². The molecule has 0 spiro atoms. The van der Waals surface area contributed by atoms with Gasteiger partial charge in [-0.25, -0.2) is 0 Å². The lowest BCUT2D eigenvalue weighted by molar-refractivity contribution is 1.58. The highest BCUT2D eigenvalue weighted by Crippen LogP contribution is 2.25. The molecule has 11 heavy (non-hydrogen) atoms. The van der Waals surface area contributed by atoms with Crippen molar-refractivity contribution in [1.82, 2.24) is 0 Å². The molecule has 0 unspecified atom stereocenters. The van der Waals surface area contributed by atoms with Gasteiger partial charge in [-0.3, -0.25) is 0 Å². The molecule has 0 bridgehead atoms. The molecular formula is C7H4Br2NS. The first-order valence-electron chi connectivity index (χ1n) is 2.82. The van der Waals surface area contributed by atoms with Crippen LogP contribution in [0.1, 0.15) is 0 Å². The second-order valence-corrected chi connectivity index (χ2v) is 3.83. The predicted molar refractivity (Wildman–Crippen MR) is 58.1 cm³/mol. The quantitative estimate of drug-likeness (QED) is 0.662. The molecule has 0 amide bonds. The van der Waals surface area contributed by atoms with E-state index in [1.54, 1.807) is 0 Å². The number of hydrogen-bond acceptors (Lipinski definition) is 1. The molecule has 1 aromatic rings. The molecule has 0 aliphatic carbocycles. The number of nitrogens with one attached hydrogen (secondary N) is 1. The smallest absolute Gasteiger partial charge is 0.138 e.